The molecule has 3 nitrogen and oxygen atoms in total. The van der Waals surface area contributed by atoms with E-state index in [-0.39, 0.29) is 6.04 Å². The van der Waals surface area contributed by atoms with Crippen molar-refractivity contribution in [2.75, 3.05) is 4.31 Å². The fraction of sp³-hybridized carbons (Fsp3) is 0.231. The third kappa shape index (κ3) is 1.66. The van der Waals surface area contributed by atoms with Crippen molar-refractivity contribution in [3.8, 4) is 0 Å². The first-order chi connectivity index (χ1) is 8.60. The molecule has 1 aromatic carbocycles. The molecule has 2 heterocycles. The minimum absolute atomic E-state index is 0.0190. The van der Waals surface area contributed by atoms with E-state index in [0.717, 1.165) is 17.7 Å². The first-order valence-electron chi connectivity index (χ1n) is 5.76. The first-order valence-corrected chi connectivity index (χ1v) is 8.08. The van der Waals surface area contributed by atoms with Crippen LogP contribution in [-0.4, -0.2) is 14.5 Å². The quantitative estimate of drug-likeness (QED) is 0.847. The third-order valence-electron chi connectivity index (χ3n) is 3.15. The van der Waals surface area contributed by atoms with Crippen molar-refractivity contribution in [2.45, 2.75) is 23.6 Å². The second kappa shape index (κ2) is 4.10. The van der Waals surface area contributed by atoms with Crippen molar-refractivity contribution in [3.63, 3.8) is 0 Å². The Morgan fingerprint density at radius 2 is 2.00 bits per heavy atom. The molecule has 94 valence electrons. The highest BCUT2D eigenvalue weighted by Gasteiger charge is 2.36. The summed E-state index contributed by atoms with van der Waals surface area (Å²) in [5.74, 6) is 0. The largest absolute Gasteiger partial charge is 0.274 e. The molecular weight excluding hydrogens is 266 g/mol. The van der Waals surface area contributed by atoms with Crippen LogP contribution in [0.5, 0.6) is 0 Å². The molecule has 0 saturated heterocycles. The van der Waals surface area contributed by atoms with Crippen LogP contribution in [-0.2, 0) is 16.4 Å². The van der Waals surface area contributed by atoms with Crippen LogP contribution >= 0.6 is 11.3 Å². The fourth-order valence-electron chi connectivity index (χ4n) is 2.41. The number of anilines is 1. The lowest BCUT2D eigenvalue weighted by atomic mass is 10.1. The fourth-order valence-corrected chi connectivity index (χ4v) is 5.18. The molecule has 18 heavy (non-hydrogen) atoms. The molecule has 0 spiro atoms. The number of fused-ring (bicyclic) bond motifs is 1. The van der Waals surface area contributed by atoms with Gasteiger partial charge < -0.3 is 0 Å². The van der Waals surface area contributed by atoms with Crippen LogP contribution in [0.3, 0.4) is 0 Å². The average molecular weight is 279 g/mol. The van der Waals surface area contributed by atoms with Crippen LogP contribution in [0.4, 0.5) is 5.69 Å². The summed E-state index contributed by atoms with van der Waals surface area (Å²) in [5.41, 5.74) is 1.92. The molecule has 0 N–H and O–H groups in total. The van der Waals surface area contributed by atoms with Crippen LogP contribution in [0, 0.1) is 0 Å². The Bertz CT molecular complexity index is 662. The summed E-state index contributed by atoms with van der Waals surface area (Å²) in [6, 6.07) is 11.1. The van der Waals surface area contributed by atoms with E-state index < -0.39 is 10.0 Å². The summed E-state index contributed by atoms with van der Waals surface area (Å²) in [6.07, 6.45) is 0.779. The van der Waals surface area contributed by atoms with E-state index in [0.29, 0.717) is 4.21 Å². The van der Waals surface area contributed by atoms with Crippen LogP contribution in [0.25, 0.3) is 0 Å². The molecule has 0 unspecified atom stereocenters. The Labute approximate surface area is 111 Å². The Balaban J connectivity index is 2.13. The molecule has 0 bridgehead atoms. The number of thiophene rings is 1. The van der Waals surface area contributed by atoms with Crippen LogP contribution < -0.4 is 4.31 Å². The zero-order chi connectivity index (χ0) is 12.8. The van der Waals surface area contributed by atoms with E-state index in [4.69, 9.17) is 0 Å². The summed E-state index contributed by atoms with van der Waals surface area (Å²) in [4.78, 5) is 0. The SMILES string of the molecule is C[C@H]1Cc2ccccc2N1S(=O)(=O)c1cccs1. The highest BCUT2D eigenvalue weighted by atomic mass is 32.2. The highest BCUT2D eigenvalue weighted by molar-refractivity contribution is 7.94. The lowest BCUT2D eigenvalue weighted by Gasteiger charge is -2.23. The molecule has 1 aliphatic heterocycles. The zero-order valence-electron chi connectivity index (χ0n) is 9.91. The number of para-hydroxylation sites is 1. The molecule has 1 aromatic heterocycles. The van der Waals surface area contributed by atoms with Crippen molar-refractivity contribution < 1.29 is 8.42 Å². The van der Waals surface area contributed by atoms with Crippen molar-refractivity contribution in [1.29, 1.82) is 0 Å². The average Bonchev–Trinajstić information content (AvgIpc) is 2.94. The predicted octanol–water partition coefficient (Wildman–Crippen LogP) is 2.89. The number of hydrogen-bond donors (Lipinski definition) is 0. The van der Waals surface area contributed by atoms with E-state index >= 15 is 0 Å². The Kier molecular flexibility index (Phi) is 2.68. The minimum Gasteiger partial charge on any atom is -0.262 e. The monoisotopic (exact) mass is 279 g/mol. The van der Waals surface area contributed by atoms with Crippen LogP contribution in [0.2, 0.25) is 0 Å². The van der Waals surface area contributed by atoms with E-state index in [1.54, 1.807) is 21.8 Å². The van der Waals surface area contributed by atoms with Gasteiger partial charge in [-0.1, -0.05) is 24.3 Å². The van der Waals surface area contributed by atoms with Gasteiger partial charge in [0.15, 0.2) is 0 Å². The Hall–Kier alpha value is -1.33. The lowest BCUT2D eigenvalue weighted by molar-refractivity contribution is 0.586. The number of benzene rings is 1. The van der Waals surface area contributed by atoms with Gasteiger partial charge in [0, 0.05) is 6.04 Å². The van der Waals surface area contributed by atoms with Crippen molar-refractivity contribution in [2.24, 2.45) is 0 Å². The molecule has 3 rings (SSSR count). The van der Waals surface area contributed by atoms with Gasteiger partial charge in [-0.2, -0.15) is 0 Å². The second-order valence-corrected chi connectivity index (χ2v) is 7.40. The van der Waals surface area contributed by atoms with Gasteiger partial charge in [-0.05, 0) is 36.4 Å². The maximum atomic E-state index is 12.6. The maximum absolute atomic E-state index is 12.6. The molecule has 2 aromatic rings. The van der Waals surface area contributed by atoms with Gasteiger partial charge in [-0.25, -0.2) is 8.42 Å². The van der Waals surface area contributed by atoms with Gasteiger partial charge in [-0.3, -0.25) is 4.31 Å². The van der Waals surface area contributed by atoms with Gasteiger partial charge >= 0.3 is 0 Å². The van der Waals surface area contributed by atoms with Gasteiger partial charge in [0.25, 0.3) is 10.0 Å². The second-order valence-electron chi connectivity index (χ2n) is 4.41. The minimum atomic E-state index is -3.41. The van der Waals surface area contributed by atoms with Crippen LogP contribution in [0.15, 0.2) is 46.0 Å². The van der Waals surface area contributed by atoms with E-state index in [1.165, 1.54) is 11.3 Å². The normalized spacial score (nSPS) is 18.9. The number of rotatable bonds is 2. The topological polar surface area (TPSA) is 37.4 Å². The van der Waals surface area contributed by atoms with Gasteiger partial charge in [0.1, 0.15) is 4.21 Å². The van der Waals surface area contributed by atoms with Gasteiger partial charge in [-0.15, -0.1) is 11.3 Å². The molecular formula is C13H13NO2S2. The summed E-state index contributed by atoms with van der Waals surface area (Å²) in [5, 5.41) is 1.79. The van der Waals surface area contributed by atoms with Crippen molar-refractivity contribution >= 4 is 27.0 Å². The van der Waals surface area contributed by atoms with E-state index in [2.05, 4.69) is 0 Å². The smallest absolute Gasteiger partial charge is 0.262 e. The zero-order valence-corrected chi connectivity index (χ0v) is 11.5. The van der Waals surface area contributed by atoms with E-state index in [9.17, 15) is 8.42 Å². The number of nitrogens with zero attached hydrogens (tertiary/aromatic N) is 1. The summed E-state index contributed by atoms with van der Waals surface area (Å²) in [7, 11) is -3.41. The molecule has 1 atom stereocenters. The van der Waals surface area contributed by atoms with Gasteiger partial charge in [0.05, 0.1) is 5.69 Å². The van der Waals surface area contributed by atoms with Crippen LogP contribution in [0.1, 0.15) is 12.5 Å². The number of sulfonamides is 1. The standard InChI is InChI=1S/C13H13NO2S2/c1-10-9-11-5-2-3-6-12(11)14(10)18(15,16)13-7-4-8-17-13/h2-8,10H,9H2,1H3/t10-/m0/s1. The van der Waals surface area contributed by atoms with Crippen molar-refractivity contribution in [1.82, 2.24) is 0 Å². The maximum Gasteiger partial charge on any atom is 0.274 e. The summed E-state index contributed by atoms with van der Waals surface area (Å²) in [6.45, 7) is 1.95. The summed E-state index contributed by atoms with van der Waals surface area (Å²) < 4.78 is 27.2. The molecule has 1 aliphatic rings. The third-order valence-corrected chi connectivity index (χ3v) is 6.45. The lowest BCUT2D eigenvalue weighted by Crippen LogP contribution is -2.35. The van der Waals surface area contributed by atoms with Gasteiger partial charge in [0.2, 0.25) is 0 Å². The molecule has 0 fully saturated rings. The summed E-state index contributed by atoms with van der Waals surface area (Å²) >= 11 is 1.26. The van der Waals surface area contributed by atoms with E-state index in [1.807, 2.05) is 31.2 Å². The molecule has 5 heteroatoms. The first kappa shape index (κ1) is 11.7. The van der Waals surface area contributed by atoms with Crippen molar-refractivity contribution in [3.05, 3.63) is 47.3 Å². The molecule has 0 saturated carbocycles. The molecule has 0 radical (unpaired) electrons. The molecule has 0 amide bonds. The predicted molar refractivity (Wildman–Crippen MR) is 73.6 cm³/mol. The highest BCUT2D eigenvalue weighted by Crippen LogP contribution is 2.37. The Morgan fingerprint density at radius 3 is 2.72 bits per heavy atom. The Morgan fingerprint density at radius 1 is 1.22 bits per heavy atom. The number of hydrogen-bond acceptors (Lipinski definition) is 3. The molecule has 0 aliphatic carbocycles.